The van der Waals surface area contributed by atoms with E-state index < -0.39 is 41.1 Å². The average molecular weight is 320 g/mol. The van der Waals surface area contributed by atoms with Crippen molar-refractivity contribution in [2.24, 2.45) is 16.9 Å². The number of ether oxygens (including phenoxy) is 2. The Labute approximate surface area is 131 Å². The van der Waals surface area contributed by atoms with Crippen LogP contribution in [0.4, 0.5) is 0 Å². The van der Waals surface area contributed by atoms with Crippen LogP contribution in [0.25, 0.3) is 0 Å². The first kappa shape index (κ1) is 20.8. The van der Waals surface area contributed by atoms with Crippen molar-refractivity contribution in [2.45, 2.75) is 58.4 Å². The number of rotatable bonds is 6. The minimum absolute atomic E-state index is 0.589. The van der Waals surface area contributed by atoms with Crippen LogP contribution in [-0.4, -0.2) is 49.9 Å². The summed E-state index contributed by atoms with van der Waals surface area (Å²) in [5, 5.41) is 0. The Morgan fingerprint density at radius 1 is 1.00 bits per heavy atom. The Morgan fingerprint density at radius 3 is 1.86 bits per heavy atom. The summed E-state index contributed by atoms with van der Waals surface area (Å²) in [5.74, 6) is -1.84. The third-order valence-electron chi connectivity index (χ3n) is 3.92. The Morgan fingerprint density at radius 2 is 1.50 bits per heavy atom. The van der Waals surface area contributed by atoms with Crippen LogP contribution in [0, 0.1) is 5.41 Å². The highest BCUT2D eigenvalue weighted by atomic mass is 17.2. The zero-order valence-corrected chi connectivity index (χ0v) is 14.3. The zero-order chi connectivity index (χ0) is 17.7. The maximum absolute atomic E-state index is 12.3. The number of carbonyl (C=O) groups is 2. The van der Waals surface area contributed by atoms with Crippen LogP contribution < -0.4 is 11.5 Å². The minimum Gasteiger partial charge on any atom is -0.380 e. The van der Waals surface area contributed by atoms with Gasteiger partial charge in [-0.15, -0.1) is 0 Å². The summed E-state index contributed by atoms with van der Waals surface area (Å²) in [6.07, 6.45) is -1.25. The van der Waals surface area contributed by atoms with E-state index in [0.717, 1.165) is 0 Å². The molecular weight excluding hydrogens is 292 g/mol. The lowest BCUT2D eigenvalue weighted by Crippen LogP contribution is -2.65. The van der Waals surface area contributed by atoms with Gasteiger partial charge in [-0.05, 0) is 19.3 Å². The fourth-order valence-corrected chi connectivity index (χ4v) is 1.81. The monoisotopic (exact) mass is 320 g/mol. The Kier molecular flexibility index (Phi) is 7.43. The molecule has 0 amide bonds. The molecule has 0 unspecified atom stereocenters. The fraction of sp³-hybridized carbons (Fsp3) is 0.857. The molecule has 0 heterocycles. The highest BCUT2D eigenvalue weighted by molar-refractivity contribution is 5.83. The summed E-state index contributed by atoms with van der Waals surface area (Å²) >= 11 is 0. The first-order valence-electron chi connectivity index (χ1n) is 6.96. The summed E-state index contributed by atoms with van der Waals surface area (Å²) in [7, 11) is 2.82. The van der Waals surface area contributed by atoms with Gasteiger partial charge in [0.1, 0.15) is 11.6 Å². The third-order valence-corrected chi connectivity index (χ3v) is 3.92. The van der Waals surface area contributed by atoms with E-state index in [2.05, 4.69) is 9.78 Å². The van der Waals surface area contributed by atoms with E-state index in [1.165, 1.54) is 14.2 Å². The van der Waals surface area contributed by atoms with Gasteiger partial charge in [0, 0.05) is 14.2 Å². The van der Waals surface area contributed by atoms with Gasteiger partial charge in [-0.3, -0.25) is 0 Å². The fourth-order valence-electron chi connectivity index (χ4n) is 1.81. The van der Waals surface area contributed by atoms with E-state index in [0.29, 0.717) is 0 Å². The van der Waals surface area contributed by atoms with Crippen LogP contribution in [0.1, 0.15) is 34.6 Å². The second-order valence-corrected chi connectivity index (χ2v) is 6.24. The molecule has 4 atom stereocenters. The smallest absolute Gasteiger partial charge is 0.378 e. The van der Waals surface area contributed by atoms with Crippen molar-refractivity contribution in [3.63, 3.8) is 0 Å². The molecule has 0 saturated heterocycles. The maximum atomic E-state index is 12.3. The molecular formula is C14H28N2O6. The number of methoxy groups -OCH3 is 2. The highest BCUT2D eigenvalue weighted by Crippen LogP contribution is 2.33. The molecule has 22 heavy (non-hydrogen) atoms. The summed E-state index contributed by atoms with van der Waals surface area (Å²) in [6.45, 7) is 8.48. The highest BCUT2D eigenvalue weighted by Gasteiger charge is 2.52. The largest absolute Gasteiger partial charge is 0.380 e. The van der Waals surface area contributed by atoms with E-state index in [1.807, 2.05) is 0 Å². The predicted octanol–water partition coefficient (Wildman–Crippen LogP) is 0.129. The second-order valence-electron chi connectivity index (χ2n) is 6.24. The zero-order valence-electron chi connectivity index (χ0n) is 14.3. The summed E-state index contributed by atoms with van der Waals surface area (Å²) in [6, 6.07) is -1.08. The van der Waals surface area contributed by atoms with E-state index in [4.69, 9.17) is 20.9 Å². The molecule has 130 valence electrons. The molecule has 8 heteroatoms. The first-order valence-corrected chi connectivity index (χ1v) is 6.96. The number of nitrogens with two attached hydrogens (primary N) is 2. The Bertz CT molecular complexity index is 395. The van der Waals surface area contributed by atoms with Gasteiger partial charge < -0.3 is 20.9 Å². The van der Waals surface area contributed by atoms with Crippen LogP contribution in [0.5, 0.6) is 0 Å². The molecule has 0 aliphatic heterocycles. The third kappa shape index (κ3) is 4.39. The number of hydrogen-bond acceptors (Lipinski definition) is 8. The topological polar surface area (TPSA) is 123 Å². The van der Waals surface area contributed by atoms with Gasteiger partial charge in [-0.1, -0.05) is 20.8 Å². The normalized spacial score (nSPS) is 18.8. The van der Waals surface area contributed by atoms with Gasteiger partial charge in [-0.2, -0.15) is 0 Å². The maximum Gasteiger partial charge on any atom is 0.378 e. The molecule has 0 aromatic carbocycles. The summed E-state index contributed by atoms with van der Waals surface area (Å²) < 4.78 is 10.1. The predicted molar refractivity (Wildman–Crippen MR) is 79.5 cm³/mol. The van der Waals surface area contributed by atoms with E-state index in [9.17, 15) is 9.59 Å². The van der Waals surface area contributed by atoms with Gasteiger partial charge in [0.2, 0.25) is 0 Å². The Hall–Kier alpha value is -1.22. The molecule has 0 aromatic rings. The number of carbonyl (C=O) groups excluding carboxylic acids is 2. The molecule has 0 aliphatic carbocycles. The molecule has 4 N–H and O–H groups in total. The summed E-state index contributed by atoms with van der Waals surface area (Å²) in [5.41, 5.74) is 9.55. The van der Waals surface area contributed by atoms with Gasteiger partial charge >= 0.3 is 11.9 Å². The van der Waals surface area contributed by atoms with Crippen molar-refractivity contribution in [1.82, 2.24) is 0 Å². The molecule has 0 bridgehead atoms. The minimum atomic E-state index is -1.51. The molecule has 0 aliphatic rings. The van der Waals surface area contributed by atoms with Crippen LogP contribution in [0.3, 0.4) is 0 Å². The molecule has 0 aromatic heterocycles. The molecule has 0 radical (unpaired) electrons. The average Bonchev–Trinajstić information content (AvgIpc) is 2.47. The lowest BCUT2D eigenvalue weighted by Gasteiger charge is -2.41. The molecule has 0 rings (SSSR count). The molecule has 0 fully saturated rings. The van der Waals surface area contributed by atoms with Crippen LogP contribution in [-0.2, 0) is 28.8 Å². The Balaban J connectivity index is 4.98. The van der Waals surface area contributed by atoms with E-state index >= 15 is 0 Å². The van der Waals surface area contributed by atoms with Crippen molar-refractivity contribution in [1.29, 1.82) is 0 Å². The van der Waals surface area contributed by atoms with Crippen LogP contribution >= 0.6 is 0 Å². The van der Waals surface area contributed by atoms with Crippen LogP contribution in [0.15, 0.2) is 0 Å². The SMILES string of the molecule is CO[C@@H](C)[C@H](N)C(=O)OOC(=O)[C@@](N)([C@H](C)OC)C(C)(C)C. The van der Waals surface area contributed by atoms with Crippen molar-refractivity contribution in [3.05, 3.63) is 0 Å². The van der Waals surface area contributed by atoms with Crippen LogP contribution in [0.2, 0.25) is 0 Å². The molecule has 8 nitrogen and oxygen atoms in total. The van der Waals surface area contributed by atoms with Gasteiger partial charge in [0.25, 0.3) is 0 Å². The van der Waals surface area contributed by atoms with E-state index in [1.54, 1.807) is 34.6 Å². The summed E-state index contributed by atoms with van der Waals surface area (Å²) in [4.78, 5) is 33.1. The molecule has 0 spiro atoms. The van der Waals surface area contributed by atoms with Gasteiger partial charge in [0.05, 0.1) is 12.2 Å². The van der Waals surface area contributed by atoms with Gasteiger partial charge in [0.15, 0.2) is 0 Å². The van der Waals surface area contributed by atoms with Crippen molar-refractivity contribution in [3.8, 4) is 0 Å². The molecule has 0 saturated carbocycles. The lowest BCUT2D eigenvalue weighted by molar-refractivity contribution is -0.270. The number of hydrogen-bond donors (Lipinski definition) is 2. The van der Waals surface area contributed by atoms with Crippen molar-refractivity contribution in [2.75, 3.05) is 14.2 Å². The van der Waals surface area contributed by atoms with E-state index in [-0.39, 0.29) is 0 Å². The lowest BCUT2D eigenvalue weighted by atomic mass is 9.71. The first-order chi connectivity index (χ1) is 9.93. The quantitative estimate of drug-likeness (QED) is 0.523. The van der Waals surface area contributed by atoms with Crippen molar-refractivity contribution < 1.29 is 28.8 Å². The van der Waals surface area contributed by atoms with Gasteiger partial charge in [-0.25, -0.2) is 19.4 Å². The standard InChI is InChI=1S/C14H28N2O6/c1-8(19-6)10(15)11(17)21-22-12(18)14(16,9(2)20-7)13(3,4)5/h8-10H,15-16H2,1-7H3/t8-,9-,10-,14-/m0/s1. The second kappa shape index (κ2) is 7.87. The van der Waals surface area contributed by atoms with Crippen molar-refractivity contribution >= 4 is 11.9 Å².